The van der Waals surface area contributed by atoms with Crippen molar-refractivity contribution in [2.75, 3.05) is 30.8 Å². The molecule has 2 aromatic heterocycles. The van der Waals surface area contributed by atoms with E-state index in [1.165, 1.54) is 12.4 Å². The van der Waals surface area contributed by atoms with E-state index in [1.54, 1.807) is 6.07 Å². The minimum atomic E-state index is -0.496. The van der Waals surface area contributed by atoms with Crippen LogP contribution in [0.1, 0.15) is 45.2 Å². The number of rotatable bonds is 9. The van der Waals surface area contributed by atoms with E-state index in [0.717, 1.165) is 41.9 Å². The van der Waals surface area contributed by atoms with Crippen LogP contribution >= 0.6 is 0 Å². The average Bonchev–Trinajstić information content (AvgIpc) is 3.71. The molecule has 1 amide bonds. The largest absolute Gasteiger partial charge is 0.383 e. The molecule has 1 saturated carbocycles. The number of likely N-dealkylation sites (N-methyl/N-ethyl adjacent to an activating group) is 1. The highest BCUT2D eigenvalue weighted by Crippen LogP contribution is 2.49. The Hall–Kier alpha value is -4.08. The lowest BCUT2D eigenvalue weighted by Crippen LogP contribution is -2.61. The molecule has 0 spiro atoms. The van der Waals surface area contributed by atoms with Gasteiger partial charge < -0.3 is 20.4 Å². The van der Waals surface area contributed by atoms with Gasteiger partial charge in [0.2, 0.25) is 5.91 Å². The highest BCUT2D eigenvalue weighted by molar-refractivity contribution is 6.08. The summed E-state index contributed by atoms with van der Waals surface area (Å²) in [5, 5.41) is 3.51. The Kier molecular flexibility index (Phi) is 6.87. The molecule has 4 aromatic rings. The quantitative estimate of drug-likeness (QED) is 0.250. The average molecular weight is 555 g/mol. The number of amides is 1. The molecule has 6 rings (SSSR count). The van der Waals surface area contributed by atoms with Gasteiger partial charge in [0, 0.05) is 28.9 Å². The zero-order valence-electron chi connectivity index (χ0n) is 23.7. The van der Waals surface area contributed by atoms with E-state index >= 15 is 4.39 Å². The van der Waals surface area contributed by atoms with Crippen molar-refractivity contribution in [1.29, 1.82) is 0 Å². The fourth-order valence-electron chi connectivity index (χ4n) is 6.30. The number of nitrogens with two attached hydrogens (primary N) is 1. The van der Waals surface area contributed by atoms with Crippen LogP contribution in [-0.2, 0) is 15.1 Å². The van der Waals surface area contributed by atoms with Crippen molar-refractivity contribution in [3.63, 3.8) is 0 Å². The maximum absolute atomic E-state index is 16.2. The summed E-state index contributed by atoms with van der Waals surface area (Å²) in [6.45, 7) is 11.6. The number of nitrogens with one attached hydrogen (secondary N) is 1. The third-order valence-corrected chi connectivity index (χ3v) is 8.29. The molecule has 0 radical (unpaired) electrons. The number of aromatic nitrogens is 3. The first kappa shape index (κ1) is 27.1. The van der Waals surface area contributed by atoms with Gasteiger partial charge in [-0.3, -0.25) is 9.69 Å². The summed E-state index contributed by atoms with van der Waals surface area (Å²) in [4.78, 5) is 23.1. The molecule has 8 nitrogen and oxygen atoms in total. The molecular formula is C32H35FN6O2. The number of anilines is 2. The fraction of sp³-hybridized carbons (Fsp3) is 0.344. The lowest BCUT2D eigenvalue weighted by Gasteiger charge is -2.51. The van der Waals surface area contributed by atoms with Gasteiger partial charge in [-0.2, -0.15) is 0 Å². The molecule has 41 heavy (non-hydrogen) atoms. The van der Waals surface area contributed by atoms with E-state index in [0.29, 0.717) is 41.2 Å². The Bertz CT molecular complexity index is 1640. The predicted molar refractivity (Wildman–Crippen MR) is 160 cm³/mol. The highest BCUT2D eigenvalue weighted by Gasteiger charge is 2.47. The van der Waals surface area contributed by atoms with Crippen LogP contribution in [0.4, 0.5) is 15.9 Å². The number of benzene rings is 2. The minimum absolute atomic E-state index is 0.238. The summed E-state index contributed by atoms with van der Waals surface area (Å²) in [5.41, 5.74) is 11.3. The molecular weight excluding hydrogens is 519 g/mol. The lowest BCUT2D eigenvalue weighted by molar-refractivity contribution is -0.156. The monoisotopic (exact) mass is 554 g/mol. The topological polar surface area (TPSA) is 98.3 Å². The van der Waals surface area contributed by atoms with Crippen molar-refractivity contribution >= 4 is 28.4 Å². The molecule has 2 aromatic carbocycles. The standard InChI is InChI=1S/C32H35FN6O2/c1-5-26(40)37-22-10-7-20(8-11-22)29-27(28-30(34)35-18-36-31(28)39(29)23-12-13-23)21-9-14-24(25(33)15-21)32(16-41-17-32)38(6-2)19(3)4/h5,7-11,14-15,18-19,23H,1,6,12-13,16-17H2,2-4H3,(H,37,40)(H2,34,35,36). The van der Waals surface area contributed by atoms with Crippen LogP contribution in [-0.4, -0.2) is 51.1 Å². The van der Waals surface area contributed by atoms with Crippen LogP contribution in [0.3, 0.4) is 0 Å². The van der Waals surface area contributed by atoms with Crippen molar-refractivity contribution in [3.05, 3.63) is 72.8 Å². The zero-order valence-corrected chi connectivity index (χ0v) is 23.7. The zero-order chi connectivity index (χ0) is 28.9. The van der Waals surface area contributed by atoms with Crippen LogP contribution in [0, 0.1) is 5.82 Å². The van der Waals surface area contributed by atoms with Crippen LogP contribution in [0.25, 0.3) is 33.4 Å². The summed E-state index contributed by atoms with van der Waals surface area (Å²) in [5.74, 6) is -0.204. The van der Waals surface area contributed by atoms with E-state index in [2.05, 4.69) is 52.1 Å². The van der Waals surface area contributed by atoms with Gasteiger partial charge in [-0.25, -0.2) is 14.4 Å². The molecule has 0 unspecified atom stereocenters. The molecule has 1 saturated heterocycles. The van der Waals surface area contributed by atoms with E-state index in [1.807, 2.05) is 36.4 Å². The third kappa shape index (κ3) is 4.49. The Morgan fingerprint density at radius 3 is 2.49 bits per heavy atom. The van der Waals surface area contributed by atoms with Gasteiger partial charge >= 0.3 is 0 Å². The minimum Gasteiger partial charge on any atom is -0.383 e. The number of nitrogens with zero attached hydrogens (tertiary/aromatic N) is 4. The summed E-state index contributed by atoms with van der Waals surface area (Å²) in [6.07, 6.45) is 4.75. The summed E-state index contributed by atoms with van der Waals surface area (Å²) < 4.78 is 24.1. The molecule has 0 bridgehead atoms. The van der Waals surface area contributed by atoms with Gasteiger partial charge in [0.25, 0.3) is 0 Å². The Balaban J connectivity index is 1.54. The van der Waals surface area contributed by atoms with Crippen molar-refractivity contribution in [2.24, 2.45) is 0 Å². The Morgan fingerprint density at radius 2 is 1.93 bits per heavy atom. The third-order valence-electron chi connectivity index (χ3n) is 8.29. The first-order chi connectivity index (χ1) is 19.8. The normalized spacial score (nSPS) is 16.2. The number of halogens is 1. The van der Waals surface area contributed by atoms with E-state index in [4.69, 9.17) is 10.5 Å². The molecule has 2 fully saturated rings. The van der Waals surface area contributed by atoms with E-state index < -0.39 is 5.54 Å². The highest BCUT2D eigenvalue weighted by atomic mass is 19.1. The van der Waals surface area contributed by atoms with Crippen molar-refractivity contribution in [1.82, 2.24) is 19.4 Å². The number of carbonyl (C=O) groups is 1. The Morgan fingerprint density at radius 1 is 1.22 bits per heavy atom. The molecule has 1 aliphatic carbocycles. The number of fused-ring (bicyclic) bond motifs is 1. The van der Waals surface area contributed by atoms with Crippen LogP contribution < -0.4 is 11.1 Å². The molecule has 212 valence electrons. The van der Waals surface area contributed by atoms with Crippen molar-refractivity contribution in [3.8, 4) is 22.4 Å². The maximum atomic E-state index is 16.2. The number of hydrogen-bond donors (Lipinski definition) is 2. The molecule has 1 aliphatic heterocycles. The van der Waals surface area contributed by atoms with Crippen molar-refractivity contribution in [2.45, 2.75) is 51.2 Å². The van der Waals surface area contributed by atoms with Crippen molar-refractivity contribution < 1.29 is 13.9 Å². The number of ether oxygens (including phenoxy) is 1. The first-order valence-electron chi connectivity index (χ1n) is 14.1. The van der Waals surface area contributed by atoms with Gasteiger partial charge in [0.1, 0.15) is 23.6 Å². The predicted octanol–water partition coefficient (Wildman–Crippen LogP) is 5.90. The second-order valence-corrected chi connectivity index (χ2v) is 11.2. The number of hydrogen-bond acceptors (Lipinski definition) is 6. The van der Waals surface area contributed by atoms with Crippen LogP contribution in [0.5, 0.6) is 0 Å². The van der Waals surface area contributed by atoms with Gasteiger partial charge in [-0.05, 0) is 68.6 Å². The lowest BCUT2D eigenvalue weighted by atomic mass is 9.83. The Labute approximate surface area is 239 Å². The summed E-state index contributed by atoms with van der Waals surface area (Å²) in [7, 11) is 0. The molecule has 3 N–H and O–H groups in total. The van der Waals surface area contributed by atoms with Gasteiger partial charge in [-0.1, -0.05) is 37.8 Å². The van der Waals surface area contributed by atoms with Gasteiger partial charge in [0.05, 0.1) is 29.8 Å². The molecule has 3 heterocycles. The number of nitrogen functional groups attached to an aromatic ring is 1. The smallest absolute Gasteiger partial charge is 0.247 e. The summed E-state index contributed by atoms with van der Waals surface area (Å²) >= 11 is 0. The molecule has 9 heteroatoms. The first-order valence-corrected chi connectivity index (χ1v) is 14.1. The van der Waals surface area contributed by atoms with Gasteiger partial charge in [0.15, 0.2) is 0 Å². The van der Waals surface area contributed by atoms with Crippen LogP contribution in [0.15, 0.2) is 61.4 Å². The second kappa shape index (κ2) is 10.4. The fourth-order valence-corrected chi connectivity index (χ4v) is 6.30. The second-order valence-electron chi connectivity index (χ2n) is 11.2. The molecule has 0 atom stereocenters. The van der Waals surface area contributed by atoms with E-state index in [-0.39, 0.29) is 23.8 Å². The number of carbonyl (C=O) groups excluding carboxylic acids is 1. The van der Waals surface area contributed by atoms with Gasteiger partial charge in [-0.15, -0.1) is 0 Å². The van der Waals surface area contributed by atoms with E-state index in [9.17, 15) is 4.79 Å². The molecule has 2 aliphatic rings. The maximum Gasteiger partial charge on any atom is 0.247 e. The van der Waals surface area contributed by atoms with Crippen LogP contribution in [0.2, 0.25) is 0 Å². The summed E-state index contributed by atoms with van der Waals surface area (Å²) in [6, 6.07) is 13.6. The SMILES string of the molecule is C=CC(=O)Nc1ccc(-c2c(-c3ccc(C4(N(CC)C(C)C)COC4)c(F)c3)c3c(N)ncnc3n2C2CC2)cc1.